The molecular weight excluding hydrogens is 368 g/mol. The third kappa shape index (κ3) is 3.49. The van der Waals surface area contributed by atoms with E-state index in [1.165, 1.54) is 19.0 Å². The van der Waals surface area contributed by atoms with Gasteiger partial charge in [0, 0.05) is 12.7 Å². The number of aryl methyl sites for hydroxylation is 1. The van der Waals surface area contributed by atoms with Gasteiger partial charge in [0.1, 0.15) is 18.7 Å². The van der Waals surface area contributed by atoms with E-state index in [1.807, 2.05) is 31.2 Å². The van der Waals surface area contributed by atoms with Crippen LogP contribution in [0, 0.1) is 6.92 Å². The summed E-state index contributed by atoms with van der Waals surface area (Å²) in [5.41, 5.74) is 3.23. The van der Waals surface area contributed by atoms with Crippen molar-refractivity contribution in [3.63, 3.8) is 0 Å². The number of carbonyl (C=O) groups is 1. The Balaban J connectivity index is 1.85. The number of ether oxygens (including phenoxy) is 2. The van der Waals surface area contributed by atoms with Crippen molar-refractivity contribution in [2.45, 2.75) is 25.4 Å². The summed E-state index contributed by atoms with van der Waals surface area (Å²) in [5, 5.41) is 4.44. The van der Waals surface area contributed by atoms with Crippen molar-refractivity contribution in [2.24, 2.45) is 0 Å². The van der Waals surface area contributed by atoms with Gasteiger partial charge < -0.3 is 9.47 Å². The summed E-state index contributed by atoms with van der Waals surface area (Å²) in [6.45, 7) is 2.03. The van der Waals surface area contributed by atoms with Crippen LogP contribution in [0.15, 0.2) is 54.9 Å². The van der Waals surface area contributed by atoms with E-state index in [1.54, 1.807) is 16.7 Å². The highest BCUT2D eigenvalue weighted by Crippen LogP contribution is 2.43. The van der Waals surface area contributed by atoms with Crippen LogP contribution >= 0.6 is 0 Å². The van der Waals surface area contributed by atoms with Crippen LogP contribution in [0.5, 0.6) is 5.75 Å². The molecule has 7 heteroatoms. The summed E-state index contributed by atoms with van der Waals surface area (Å²) in [7, 11) is 3.18. The molecular formula is C22H24N4O3. The van der Waals surface area contributed by atoms with Crippen LogP contribution in [0.3, 0.4) is 0 Å². The first-order valence-corrected chi connectivity index (χ1v) is 9.54. The van der Waals surface area contributed by atoms with E-state index in [4.69, 9.17) is 9.47 Å². The van der Waals surface area contributed by atoms with Gasteiger partial charge >= 0.3 is 0 Å². The van der Waals surface area contributed by atoms with Crippen molar-refractivity contribution < 1.29 is 14.3 Å². The van der Waals surface area contributed by atoms with Crippen molar-refractivity contribution in [1.29, 1.82) is 0 Å². The molecule has 0 fully saturated rings. The standard InChI is InChI=1S/C22H24N4O3/c1-15-8-10-16(11-9-15)18-12-19(17-6-4-5-7-20(17)29-3)26-22(23-14-24-26)25(18)21(27)13-28-2/h4-11,14,18-19H,12-13H2,1-3H3/t18-,19+/m0/s1. The lowest BCUT2D eigenvalue weighted by Gasteiger charge is -2.39. The van der Waals surface area contributed by atoms with Crippen LogP contribution in [-0.4, -0.2) is 41.5 Å². The third-order valence-corrected chi connectivity index (χ3v) is 5.32. The molecule has 0 saturated carbocycles. The summed E-state index contributed by atoms with van der Waals surface area (Å²) >= 11 is 0. The van der Waals surface area contributed by atoms with Crippen LogP contribution < -0.4 is 9.64 Å². The Kier molecular flexibility index (Phi) is 5.31. The fraction of sp³-hybridized carbons (Fsp3) is 0.318. The average Bonchev–Trinajstić information content (AvgIpc) is 3.23. The number of nitrogens with zero attached hydrogens (tertiary/aromatic N) is 4. The van der Waals surface area contributed by atoms with Gasteiger partial charge in [0.05, 0.1) is 19.2 Å². The van der Waals surface area contributed by atoms with Crippen molar-refractivity contribution in [3.05, 3.63) is 71.5 Å². The van der Waals surface area contributed by atoms with Gasteiger partial charge in [-0.05, 0) is 25.0 Å². The number of para-hydroxylation sites is 1. The molecule has 1 amide bonds. The Morgan fingerprint density at radius 3 is 2.59 bits per heavy atom. The maximum absolute atomic E-state index is 13.0. The summed E-state index contributed by atoms with van der Waals surface area (Å²) in [5.74, 6) is 1.16. The fourth-order valence-corrected chi connectivity index (χ4v) is 3.94. The van der Waals surface area contributed by atoms with E-state index in [2.05, 4.69) is 34.3 Å². The van der Waals surface area contributed by atoms with Gasteiger partial charge in [0.2, 0.25) is 5.95 Å². The molecule has 4 rings (SSSR count). The minimum Gasteiger partial charge on any atom is -0.496 e. The zero-order chi connectivity index (χ0) is 20.4. The molecule has 1 aliphatic rings. The van der Waals surface area contributed by atoms with Gasteiger partial charge in [-0.25, -0.2) is 4.68 Å². The number of hydrogen-bond acceptors (Lipinski definition) is 5. The maximum Gasteiger partial charge on any atom is 0.255 e. The predicted octanol–water partition coefficient (Wildman–Crippen LogP) is 3.31. The van der Waals surface area contributed by atoms with Crippen LogP contribution in [0.2, 0.25) is 0 Å². The molecule has 0 radical (unpaired) electrons. The largest absolute Gasteiger partial charge is 0.496 e. The molecule has 2 atom stereocenters. The number of benzene rings is 2. The highest BCUT2D eigenvalue weighted by molar-refractivity contribution is 5.93. The van der Waals surface area contributed by atoms with E-state index in [0.29, 0.717) is 12.4 Å². The summed E-state index contributed by atoms with van der Waals surface area (Å²) in [6.07, 6.45) is 2.14. The topological polar surface area (TPSA) is 69.5 Å². The Morgan fingerprint density at radius 2 is 1.86 bits per heavy atom. The normalized spacial score (nSPS) is 18.4. The van der Waals surface area contributed by atoms with Crippen molar-refractivity contribution in [1.82, 2.24) is 14.8 Å². The number of rotatable bonds is 5. The highest BCUT2D eigenvalue weighted by Gasteiger charge is 2.40. The lowest BCUT2D eigenvalue weighted by atomic mass is 9.91. The van der Waals surface area contributed by atoms with E-state index in [0.717, 1.165) is 16.9 Å². The molecule has 2 heterocycles. The molecule has 2 aromatic carbocycles. The molecule has 0 unspecified atom stereocenters. The number of amides is 1. The number of fused-ring (bicyclic) bond motifs is 1. The first-order chi connectivity index (χ1) is 14.1. The number of methoxy groups -OCH3 is 2. The first-order valence-electron chi connectivity index (χ1n) is 9.54. The second-order valence-corrected chi connectivity index (χ2v) is 7.12. The molecule has 0 aliphatic carbocycles. The van der Waals surface area contributed by atoms with Crippen LogP contribution in [0.1, 0.15) is 35.2 Å². The molecule has 7 nitrogen and oxygen atoms in total. The minimum absolute atomic E-state index is 0.0193. The summed E-state index contributed by atoms with van der Waals surface area (Å²) in [6, 6.07) is 15.9. The summed E-state index contributed by atoms with van der Waals surface area (Å²) in [4.78, 5) is 19.1. The lowest BCUT2D eigenvalue weighted by Crippen LogP contribution is -2.44. The Labute approximate surface area is 169 Å². The second-order valence-electron chi connectivity index (χ2n) is 7.12. The predicted molar refractivity (Wildman–Crippen MR) is 109 cm³/mol. The zero-order valence-electron chi connectivity index (χ0n) is 16.8. The van der Waals surface area contributed by atoms with Crippen LogP contribution in [0.25, 0.3) is 0 Å². The lowest BCUT2D eigenvalue weighted by molar-refractivity contribution is -0.123. The van der Waals surface area contributed by atoms with Crippen molar-refractivity contribution >= 4 is 11.9 Å². The number of anilines is 1. The van der Waals surface area contributed by atoms with E-state index in [-0.39, 0.29) is 24.6 Å². The first kappa shape index (κ1) is 19.1. The SMILES string of the molecule is COCC(=O)N1c2ncnn2[C@@H](c2ccccc2OC)C[C@H]1c1ccc(C)cc1. The van der Waals surface area contributed by atoms with Gasteiger partial charge in [0.15, 0.2) is 0 Å². The number of carbonyl (C=O) groups excluding carboxylic acids is 1. The molecule has 0 N–H and O–H groups in total. The monoisotopic (exact) mass is 392 g/mol. The second kappa shape index (κ2) is 8.05. The highest BCUT2D eigenvalue weighted by atomic mass is 16.5. The number of aromatic nitrogens is 3. The molecule has 1 aliphatic heterocycles. The van der Waals surface area contributed by atoms with Crippen LogP contribution in [0.4, 0.5) is 5.95 Å². The number of hydrogen-bond donors (Lipinski definition) is 0. The summed E-state index contributed by atoms with van der Waals surface area (Å²) < 4.78 is 12.5. The molecule has 0 bridgehead atoms. The molecule has 3 aromatic rings. The van der Waals surface area contributed by atoms with Gasteiger partial charge in [-0.2, -0.15) is 10.1 Å². The molecule has 150 valence electrons. The Morgan fingerprint density at radius 1 is 1.10 bits per heavy atom. The van der Waals surface area contributed by atoms with Crippen molar-refractivity contribution in [3.8, 4) is 5.75 Å². The van der Waals surface area contributed by atoms with Gasteiger partial charge in [-0.1, -0.05) is 48.0 Å². The molecule has 0 saturated heterocycles. The maximum atomic E-state index is 13.0. The van der Waals surface area contributed by atoms with Gasteiger partial charge in [0.25, 0.3) is 5.91 Å². The van der Waals surface area contributed by atoms with Crippen LogP contribution in [-0.2, 0) is 9.53 Å². The third-order valence-electron chi connectivity index (χ3n) is 5.32. The zero-order valence-corrected chi connectivity index (χ0v) is 16.8. The Bertz CT molecular complexity index is 999. The molecule has 1 aromatic heterocycles. The quantitative estimate of drug-likeness (QED) is 0.666. The van der Waals surface area contributed by atoms with E-state index >= 15 is 0 Å². The fourth-order valence-electron chi connectivity index (χ4n) is 3.94. The smallest absolute Gasteiger partial charge is 0.255 e. The molecule has 29 heavy (non-hydrogen) atoms. The van der Waals surface area contributed by atoms with Gasteiger partial charge in [-0.15, -0.1) is 0 Å². The van der Waals surface area contributed by atoms with E-state index < -0.39 is 0 Å². The minimum atomic E-state index is -0.190. The van der Waals surface area contributed by atoms with Gasteiger partial charge in [-0.3, -0.25) is 9.69 Å². The van der Waals surface area contributed by atoms with Crippen molar-refractivity contribution in [2.75, 3.05) is 25.7 Å². The Hall–Kier alpha value is -3.19. The van der Waals surface area contributed by atoms with E-state index in [9.17, 15) is 4.79 Å². The average molecular weight is 392 g/mol. The molecule has 0 spiro atoms.